The van der Waals surface area contributed by atoms with Gasteiger partial charge in [0, 0.05) is 5.56 Å². The van der Waals surface area contributed by atoms with E-state index in [1.807, 2.05) is 43.3 Å². The van der Waals surface area contributed by atoms with E-state index in [0.717, 1.165) is 5.56 Å². The van der Waals surface area contributed by atoms with E-state index in [-0.39, 0.29) is 24.6 Å². The predicted molar refractivity (Wildman–Crippen MR) is 73.7 cm³/mol. The number of ether oxygens (including phenoxy) is 4. The molecule has 0 N–H and O–H groups in total. The van der Waals surface area contributed by atoms with Gasteiger partial charge in [0.2, 0.25) is 0 Å². The molecule has 4 heteroatoms. The molecule has 0 saturated carbocycles. The van der Waals surface area contributed by atoms with Gasteiger partial charge in [-0.3, -0.25) is 0 Å². The van der Waals surface area contributed by atoms with Crippen molar-refractivity contribution in [2.24, 2.45) is 0 Å². The molecule has 2 aliphatic heterocycles. The van der Waals surface area contributed by atoms with Crippen molar-refractivity contribution < 1.29 is 18.9 Å². The second kappa shape index (κ2) is 5.69. The zero-order valence-electron chi connectivity index (χ0n) is 11.4. The van der Waals surface area contributed by atoms with E-state index in [1.54, 1.807) is 6.26 Å². The number of rotatable bonds is 3. The minimum Gasteiger partial charge on any atom is -0.493 e. The monoisotopic (exact) mass is 274 g/mol. The molecular weight excluding hydrogens is 256 g/mol. The molecule has 4 nitrogen and oxygen atoms in total. The predicted octanol–water partition coefficient (Wildman–Crippen LogP) is 2.93. The minimum atomic E-state index is -0.385. The molecule has 2 heterocycles. The lowest BCUT2D eigenvalue weighted by atomic mass is 10.0. The van der Waals surface area contributed by atoms with Crippen LogP contribution in [0, 0.1) is 0 Å². The molecule has 0 aliphatic carbocycles. The number of hydrogen-bond donors (Lipinski definition) is 0. The highest BCUT2D eigenvalue weighted by Crippen LogP contribution is 2.32. The van der Waals surface area contributed by atoms with E-state index < -0.39 is 0 Å². The first-order chi connectivity index (χ1) is 9.74. The zero-order valence-corrected chi connectivity index (χ0v) is 11.4. The van der Waals surface area contributed by atoms with Gasteiger partial charge in [-0.15, -0.1) is 0 Å². The number of hydrogen-bond acceptors (Lipinski definition) is 4. The summed E-state index contributed by atoms with van der Waals surface area (Å²) in [5.41, 5.74) is 0.995. The van der Waals surface area contributed by atoms with Crippen LogP contribution in [0.15, 0.2) is 55.0 Å². The van der Waals surface area contributed by atoms with Crippen LogP contribution in [0.25, 0.3) is 0 Å². The van der Waals surface area contributed by atoms with Crippen LogP contribution in [-0.2, 0) is 18.9 Å². The molecule has 20 heavy (non-hydrogen) atoms. The molecule has 1 aromatic rings. The van der Waals surface area contributed by atoms with Crippen LogP contribution in [0.4, 0.5) is 0 Å². The first kappa shape index (κ1) is 13.2. The Hall–Kier alpha value is -1.78. The lowest BCUT2D eigenvalue weighted by Gasteiger charge is -2.40. The summed E-state index contributed by atoms with van der Waals surface area (Å²) in [4.78, 5) is 0. The second-order valence-electron chi connectivity index (χ2n) is 4.96. The van der Waals surface area contributed by atoms with Gasteiger partial charge >= 0.3 is 0 Å². The van der Waals surface area contributed by atoms with Crippen molar-refractivity contribution >= 4 is 0 Å². The quantitative estimate of drug-likeness (QED) is 0.794. The third-order valence-corrected chi connectivity index (χ3v) is 3.31. The van der Waals surface area contributed by atoms with E-state index >= 15 is 0 Å². The average molecular weight is 274 g/mol. The van der Waals surface area contributed by atoms with Crippen LogP contribution in [0.5, 0.6) is 0 Å². The van der Waals surface area contributed by atoms with Crippen LogP contribution in [0.3, 0.4) is 0 Å². The van der Waals surface area contributed by atoms with E-state index in [2.05, 4.69) is 6.58 Å². The van der Waals surface area contributed by atoms with Gasteiger partial charge in [0.1, 0.15) is 12.2 Å². The molecule has 3 rings (SSSR count). The summed E-state index contributed by atoms with van der Waals surface area (Å²) in [7, 11) is 0. The van der Waals surface area contributed by atoms with Gasteiger partial charge in [0.05, 0.1) is 18.6 Å². The molecule has 0 bridgehead atoms. The smallest absolute Gasteiger partial charge is 0.184 e. The third-order valence-electron chi connectivity index (χ3n) is 3.31. The number of benzene rings is 1. The largest absolute Gasteiger partial charge is 0.493 e. The standard InChI is InChI=1S/C16H18O4/c1-11(2)19-13-8-9-17-14-10-18-16(20-15(13)14)12-6-4-3-5-7-12/h3-9,13-16H,1,10H2,2H3/t13-,14-,15+,16-/m1/s1. The van der Waals surface area contributed by atoms with Crippen molar-refractivity contribution in [1.29, 1.82) is 0 Å². The number of fused-ring (bicyclic) bond motifs is 1. The second-order valence-corrected chi connectivity index (χ2v) is 4.96. The van der Waals surface area contributed by atoms with Crippen molar-refractivity contribution in [2.75, 3.05) is 6.61 Å². The van der Waals surface area contributed by atoms with Gasteiger partial charge in [-0.2, -0.15) is 0 Å². The van der Waals surface area contributed by atoms with Crippen LogP contribution < -0.4 is 0 Å². The molecular formula is C16H18O4. The fourth-order valence-electron chi connectivity index (χ4n) is 2.41. The molecule has 1 saturated heterocycles. The summed E-state index contributed by atoms with van der Waals surface area (Å²) in [5.74, 6) is 0.659. The summed E-state index contributed by atoms with van der Waals surface area (Å²) in [6.07, 6.45) is 2.57. The van der Waals surface area contributed by atoms with E-state index in [9.17, 15) is 0 Å². The molecule has 1 aromatic carbocycles. The van der Waals surface area contributed by atoms with Gasteiger partial charge in [0.25, 0.3) is 0 Å². The maximum absolute atomic E-state index is 6.03. The highest BCUT2D eigenvalue weighted by Gasteiger charge is 2.41. The van der Waals surface area contributed by atoms with Crippen molar-refractivity contribution in [3.63, 3.8) is 0 Å². The van der Waals surface area contributed by atoms with Gasteiger partial charge in [0.15, 0.2) is 12.4 Å². The fourth-order valence-corrected chi connectivity index (χ4v) is 2.41. The molecule has 2 aliphatic rings. The van der Waals surface area contributed by atoms with Crippen molar-refractivity contribution in [3.8, 4) is 0 Å². The summed E-state index contributed by atoms with van der Waals surface area (Å²) >= 11 is 0. The fraction of sp³-hybridized carbons (Fsp3) is 0.375. The maximum atomic E-state index is 6.03. The van der Waals surface area contributed by atoms with Crippen molar-refractivity contribution in [2.45, 2.75) is 31.5 Å². The molecule has 0 aromatic heterocycles. The van der Waals surface area contributed by atoms with Gasteiger partial charge in [-0.05, 0) is 13.0 Å². The highest BCUT2D eigenvalue weighted by atomic mass is 16.7. The van der Waals surface area contributed by atoms with Crippen molar-refractivity contribution in [3.05, 3.63) is 60.6 Å². The molecule has 0 amide bonds. The zero-order chi connectivity index (χ0) is 13.9. The summed E-state index contributed by atoms with van der Waals surface area (Å²) in [6.45, 7) is 6.08. The van der Waals surface area contributed by atoms with Crippen LogP contribution in [0.2, 0.25) is 0 Å². The lowest BCUT2D eigenvalue weighted by molar-refractivity contribution is -0.277. The van der Waals surface area contributed by atoms with Gasteiger partial charge < -0.3 is 18.9 Å². The first-order valence-corrected chi connectivity index (χ1v) is 6.70. The molecule has 4 atom stereocenters. The molecule has 1 fully saturated rings. The normalized spacial score (nSPS) is 32.0. The Morgan fingerprint density at radius 2 is 2.10 bits per heavy atom. The van der Waals surface area contributed by atoms with E-state index in [0.29, 0.717) is 12.4 Å². The Morgan fingerprint density at radius 3 is 2.85 bits per heavy atom. The van der Waals surface area contributed by atoms with Gasteiger partial charge in [-0.25, -0.2) is 0 Å². The molecule has 0 spiro atoms. The summed E-state index contributed by atoms with van der Waals surface area (Å²) < 4.78 is 23.0. The lowest BCUT2D eigenvalue weighted by Crippen LogP contribution is -2.50. The Labute approximate surface area is 118 Å². The van der Waals surface area contributed by atoms with Gasteiger partial charge in [-0.1, -0.05) is 36.9 Å². The number of allylic oxidation sites excluding steroid dienone is 1. The van der Waals surface area contributed by atoms with E-state index in [1.165, 1.54) is 0 Å². The minimum absolute atomic E-state index is 0.149. The maximum Gasteiger partial charge on any atom is 0.184 e. The molecule has 106 valence electrons. The first-order valence-electron chi connectivity index (χ1n) is 6.70. The molecule has 0 unspecified atom stereocenters. The van der Waals surface area contributed by atoms with Crippen LogP contribution in [0.1, 0.15) is 18.8 Å². The third kappa shape index (κ3) is 2.71. The molecule has 0 radical (unpaired) electrons. The SMILES string of the molecule is C=C(C)O[C@@H]1C=CO[C@@H]2CO[C@@H](c3ccccc3)O[C@@H]12. The highest BCUT2D eigenvalue weighted by molar-refractivity contribution is 5.17. The van der Waals surface area contributed by atoms with Crippen LogP contribution in [-0.4, -0.2) is 24.9 Å². The Bertz CT molecular complexity index is 496. The Kier molecular flexibility index (Phi) is 3.76. The van der Waals surface area contributed by atoms with Crippen LogP contribution >= 0.6 is 0 Å². The van der Waals surface area contributed by atoms with Crippen molar-refractivity contribution in [1.82, 2.24) is 0 Å². The average Bonchev–Trinajstić information content (AvgIpc) is 2.47. The topological polar surface area (TPSA) is 36.9 Å². The summed E-state index contributed by atoms with van der Waals surface area (Å²) in [5, 5.41) is 0. The summed E-state index contributed by atoms with van der Waals surface area (Å²) in [6, 6.07) is 9.87. The Morgan fingerprint density at radius 1 is 1.30 bits per heavy atom. The Balaban J connectivity index is 1.76. The van der Waals surface area contributed by atoms with E-state index in [4.69, 9.17) is 18.9 Å².